The van der Waals surface area contributed by atoms with Crippen molar-refractivity contribution in [2.75, 3.05) is 33.4 Å². The van der Waals surface area contributed by atoms with Gasteiger partial charge in [-0.25, -0.2) is 26.4 Å². The fourth-order valence-electron chi connectivity index (χ4n) is 7.12. The van der Waals surface area contributed by atoms with Crippen molar-refractivity contribution in [3.63, 3.8) is 0 Å². The molecule has 0 saturated carbocycles. The Morgan fingerprint density at radius 3 is 2.41 bits per heavy atom. The summed E-state index contributed by atoms with van der Waals surface area (Å²) in [5, 5.41) is 5.91. The van der Waals surface area contributed by atoms with Crippen LogP contribution in [0.15, 0.2) is 71.6 Å². The fourth-order valence-corrected chi connectivity index (χ4v) is 8.99. The Balaban J connectivity index is 1.43. The standard InChI is InChI=1S/C36H42F3N3O6S/c1-23-21-40-22-27(42(23)49(45,46)28-8-4-3-5-9-28)12-13-29-25(7-6-10-30(29)37)20-33(43)35(41-36(44)47-2)34(24-15-17-48-18-16-24)26-11-14-31(38)32(39)19-26/h3-11,14,19,23-24,27,34-35,40H,12-13,15-18,20-22H2,1-2H3,(H,41,44)/t23-,27-,34+,35+/m0/s1. The highest BCUT2D eigenvalue weighted by molar-refractivity contribution is 7.89. The van der Waals surface area contributed by atoms with Crippen LogP contribution in [0.3, 0.4) is 0 Å². The Labute approximate surface area is 285 Å². The van der Waals surface area contributed by atoms with Gasteiger partial charge in [0.15, 0.2) is 17.4 Å². The molecule has 2 aliphatic heterocycles. The second kappa shape index (κ2) is 16.3. The number of halogens is 3. The second-order valence-electron chi connectivity index (χ2n) is 12.6. The number of Topliss-reactive ketones (excluding diaryl/α,β-unsaturated/α-hetero) is 1. The zero-order chi connectivity index (χ0) is 35.1. The van der Waals surface area contributed by atoms with E-state index in [2.05, 4.69) is 10.6 Å². The largest absolute Gasteiger partial charge is 0.453 e. The van der Waals surface area contributed by atoms with Gasteiger partial charge in [-0.2, -0.15) is 4.31 Å². The Morgan fingerprint density at radius 1 is 0.980 bits per heavy atom. The first kappa shape index (κ1) is 36.5. The fraction of sp³-hybridized carbons (Fsp3) is 0.444. The minimum absolute atomic E-state index is 0.136. The SMILES string of the molecule is COC(=O)N[C@H](C(=O)Cc1cccc(F)c1CC[C@H]1CNC[C@H](C)N1S(=O)(=O)c1ccccc1)[C@@H](c1ccc(F)c(F)c1)C1CCOCC1. The lowest BCUT2D eigenvalue weighted by Gasteiger charge is -2.40. The molecule has 2 N–H and O–H groups in total. The Bertz CT molecular complexity index is 1720. The highest BCUT2D eigenvalue weighted by Gasteiger charge is 2.40. The smallest absolute Gasteiger partial charge is 0.407 e. The van der Waals surface area contributed by atoms with Crippen molar-refractivity contribution < 1.29 is 40.7 Å². The summed E-state index contributed by atoms with van der Waals surface area (Å²) in [4.78, 5) is 27.0. The van der Waals surface area contributed by atoms with E-state index in [0.717, 1.165) is 19.2 Å². The Morgan fingerprint density at radius 2 is 1.71 bits per heavy atom. The summed E-state index contributed by atoms with van der Waals surface area (Å²) in [6.45, 7) is 3.44. The molecule has 5 rings (SSSR count). The summed E-state index contributed by atoms with van der Waals surface area (Å²) in [6, 6.07) is 14.0. The maximum atomic E-state index is 15.6. The van der Waals surface area contributed by atoms with Crippen molar-refractivity contribution in [1.82, 2.24) is 14.9 Å². The van der Waals surface area contributed by atoms with E-state index in [0.29, 0.717) is 50.3 Å². The third kappa shape index (κ3) is 8.51. The molecule has 264 valence electrons. The van der Waals surface area contributed by atoms with Crippen molar-refractivity contribution in [1.29, 1.82) is 0 Å². The van der Waals surface area contributed by atoms with Gasteiger partial charge in [-0.15, -0.1) is 0 Å². The van der Waals surface area contributed by atoms with Crippen LogP contribution in [0, 0.1) is 23.4 Å². The highest BCUT2D eigenvalue weighted by Crippen LogP contribution is 2.37. The van der Waals surface area contributed by atoms with Gasteiger partial charge in [0.2, 0.25) is 10.0 Å². The van der Waals surface area contributed by atoms with Crippen LogP contribution in [-0.4, -0.2) is 76.1 Å². The number of sulfonamides is 1. The van der Waals surface area contributed by atoms with Crippen LogP contribution in [0.4, 0.5) is 18.0 Å². The van der Waals surface area contributed by atoms with E-state index in [1.54, 1.807) is 36.4 Å². The van der Waals surface area contributed by atoms with Gasteiger partial charge >= 0.3 is 6.09 Å². The molecule has 4 atom stereocenters. The lowest BCUT2D eigenvalue weighted by Crippen LogP contribution is -2.58. The maximum absolute atomic E-state index is 15.6. The molecule has 2 saturated heterocycles. The first-order valence-electron chi connectivity index (χ1n) is 16.5. The molecule has 49 heavy (non-hydrogen) atoms. The molecular formula is C36H42F3N3O6S. The van der Waals surface area contributed by atoms with E-state index in [4.69, 9.17) is 9.47 Å². The van der Waals surface area contributed by atoms with Gasteiger partial charge in [-0.3, -0.25) is 4.79 Å². The molecule has 0 aliphatic carbocycles. The lowest BCUT2D eigenvalue weighted by molar-refractivity contribution is -0.121. The van der Waals surface area contributed by atoms with Crippen LogP contribution in [0.1, 0.15) is 48.8 Å². The average molecular weight is 702 g/mol. The van der Waals surface area contributed by atoms with Gasteiger partial charge in [-0.05, 0) is 85.5 Å². The molecular weight excluding hydrogens is 659 g/mol. The number of carbonyl (C=O) groups excluding carboxylic acids is 2. The molecule has 0 spiro atoms. The molecule has 0 aromatic heterocycles. The number of benzene rings is 3. The third-order valence-corrected chi connectivity index (χ3v) is 11.6. The number of nitrogens with one attached hydrogen (secondary N) is 2. The molecule has 2 aliphatic rings. The van der Waals surface area contributed by atoms with Crippen molar-refractivity contribution in [2.24, 2.45) is 5.92 Å². The summed E-state index contributed by atoms with van der Waals surface area (Å²) in [7, 11) is -2.69. The summed E-state index contributed by atoms with van der Waals surface area (Å²) in [6.07, 6.45) is 0.272. The van der Waals surface area contributed by atoms with Gasteiger partial charge in [0.25, 0.3) is 0 Å². The molecule has 0 unspecified atom stereocenters. The summed E-state index contributed by atoms with van der Waals surface area (Å²) >= 11 is 0. The Hall–Kier alpha value is -3.78. The minimum atomic E-state index is -3.85. The zero-order valence-corrected chi connectivity index (χ0v) is 28.4. The molecule has 1 amide bonds. The number of nitrogens with zero attached hydrogens (tertiary/aromatic N) is 1. The van der Waals surface area contributed by atoms with Crippen molar-refractivity contribution in [3.05, 3.63) is 101 Å². The number of amides is 1. The number of ether oxygens (including phenoxy) is 2. The summed E-state index contributed by atoms with van der Waals surface area (Å²) in [5.41, 5.74) is 0.976. The van der Waals surface area contributed by atoms with Gasteiger partial charge in [-0.1, -0.05) is 36.4 Å². The molecule has 13 heteroatoms. The van der Waals surface area contributed by atoms with Crippen molar-refractivity contribution in [2.45, 2.75) is 68.0 Å². The van der Waals surface area contributed by atoms with Gasteiger partial charge in [0.05, 0.1) is 18.0 Å². The first-order valence-corrected chi connectivity index (χ1v) is 17.9. The van der Waals surface area contributed by atoms with Crippen molar-refractivity contribution >= 4 is 21.9 Å². The molecule has 0 bridgehead atoms. The van der Waals surface area contributed by atoms with E-state index < -0.39 is 57.4 Å². The van der Waals surface area contributed by atoms with Crippen LogP contribution in [0.25, 0.3) is 0 Å². The zero-order valence-electron chi connectivity index (χ0n) is 27.5. The summed E-state index contributed by atoms with van der Waals surface area (Å²) < 4.78 is 83.3. The quantitative estimate of drug-likeness (QED) is 0.269. The first-order chi connectivity index (χ1) is 23.5. The van der Waals surface area contributed by atoms with Crippen LogP contribution < -0.4 is 10.6 Å². The molecule has 3 aromatic rings. The minimum Gasteiger partial charge on any atom is -0.453 e. The van der Waals surface area contributed by atoms with Crippen LogP contribution in [0.5, 0.6) is 0 Å². The predicted molar refractivity (Wildman–Crippen MR) is 177 cm³/mol. The normalized spacial score (nSPS) is 20.3. The monoisotopic (exact) mass is 701 g/mol. The van der Waals surface area contributed by atoms with E-state index in [1.165, 1.54) is 22.5 Å². The number of piperazine rings is 1. The molecule has 3 aromatic carbocycles. The lowest BCUT2D eigenvalue weighted by atomic mass is 9.74. The van der Waals surface area contributed by atoms with Crippen molar-refractivity contribution in [3.8, 4) is 0 Å². The van der Waals surface area contributed by atoms with E-state index in [9.17, 15) is 26.8 Å². The summed E-state index contributed by atoms with van der Waals surface area (Å²) in [5.74, 6) is -4.12. The Kier molecular flexibility index (Phi) is 12.1. The van der Waals surface area contributed by atoms with Crippen LogP contribution in [-0.2, 0) is 37.1 Å². The van der Waals surface area contributed by atoms with Gasteiger partial charge in [0, 0.05) is 50.7 Å². The average Bonchev–Trinajstić information content (AvgIpc) is 3.09. The van der Waals surface area contributed by atoms with Gasteiger partial charge in [0.1, 0.15) is 5.82 Å². The van der Waals surface area contributed by atoms with E-state index in [1.807, 2.05) is 6.92 Å². The molecule has 2 heterocycles. The number of hydrogen-bond donors (Lipinski definition) is 2. The molecule has 2 fully saturated rings. The number of rotatable bonds is 12. The second-order valence-corrected chi connectivity index (χ2v) is 14.5. The molecule has 9 nitrogen and oxygen atoms in total. The highest BCUT2D eigenvalue weighted by atomic mass is 32.2. The van der Waals surface area contributed by atoms with Gasteiger partial charge < -0.3 is 20.1 Å². The number of methoxy groups -OCH3 is 1. The van der Waals surface area contributed by atoms with E-state index in [-0.39, 0.29) is 41.7 Å². The predicted octanol–water partition coefficient (Wildman–Crippen LogP) is 5.13. The topological polar surface area (TPSA) is 114 Å². The van der Waals surface area contributed by atoms with E-state index >= 15 is 4.39 Å². The van der Waals surface area contributed by atoms with Crippen LogP contribution >= 0.6 is 0 Å². The number of alkyl carbamates (subject to hydrolysis) is 1. The number of hydrogen-bond acceptors (Lipinski definition) is 7. The maximum Gasteiger partial charge on any atom is 0.407 e. The molecule has 0 radical (unpaired) electrons. The number of carbonyl (C=O) groups is 2. The number of ketones is 1. The van der Waals surface area contributed by atoms with Crippen LogP contribution in [0.2, 0.25) is 0 Å². The third-order valence-electron chi connectivity index (χ3n) is 9.51.